The van der Waals surface area contributed by atoms with E-state index in [0.29, 0.717) is 61.2 Å². The van der Waals surface area contributed by atoms with E-state index in [1.165, 1.54) is 12.8 Å². The van der Waals surface area contributed by atoms with E-state index in [2.05, 4.69) is 16.2 Å². The molecule has 0 atom stereocenters. The van der Waals surface area contributed by atoms with E-state index in [1.54, 1.807) is 16.5 Å². The Morgan fingerprint density at radius 1 is 1.22 bits per heavy atom. The number of aryl methyl sites for hydroxylation is 1. The van der Waals surface area contributed by atoms with Gasteiger partial charge in [-0.15, -0.1) is 5.10 Å². The molecule has 0 amide bonds. The summed E-state index contributed by atoms with van der Waals surface area (Å²) in [6.45, 7) is 5.91. The third kappa shape index (κ3) is 5.01. The molecule has 1 aliphatic carbocycles. The van der Waals surface area contributed by atoms with Gasteiger partial charge in [-0.1, -0.05) is 19.8 Å². The van der Waals surface area contributed by atoms with Gasteiger partial charge in [0.2, 0.25) is 0 Å². The predicted molar refractivity (Wildman–Crippen MR) is 139 cm³/mol. The van der Waals surface area contributed by atoms with Crippen LogP contribution in [0, 0.1) is 12.8 Å². The number of carboxylic acids is 1. The summed E-state index contributed by atoms with van der Waals surface area (Å²) in [6, 6.07) is 5.94. The number of benzene rings is 1. The zero-order valence-corrected chi connectivity index (χ0v) is 21.6. The van der Waals surface area contributed by atoms with Gasteiger partial charge in [-0.3, -0.25) is 9.59 Å². The summed E-state index contributed by atoms with van der Waals surface area (Å²) < 4.78 is 9.98. The van der Waals surface area contributed by atoms with Crippen LogP contribution < -0.4 is 10.3 Å². The van der Waals surface area contributed by atoms with Gasteiger partial charge in [0, 0.05) is 23.9 Å². The highest BCUT2D eigenvalue weighted by Crippen LogP contribution is 2.36. The lowest BCUT2D eigenvalue weighted by Gasteiger charge is -2.29. The number of aromatic amines is 1. The summed E-state index contributed by atoms with van der Waals surface area (Å²) >= 11 is 1.60. The maximum Gasteiger partial charge on any atom is 0.306 e. The number of aromatic nitrogens is 4. The topological polar surface area (TPSA) is 113 Å². The molecule has 2 aliphatic rings. The van der Waals surface area contributed by atoms with Gasteiger partial charge in [0.05, 0.1) is 23.8 Å². The number of fused-ring (bicyclic) bond motifs is 1. The van der Waals surface area contributed by atoms with Crippen molar-refractivity contribution >= 4 is 23.4 Å². The van der Waals surface area contributed by atoms with E-state index < -0.39 is 5.97 Å². The molecule has 0 radical (unpaired) electrons. The second kappa shape index (κ2) is 10.6. The van der Waals surface area contributed by atoms with Gasteiger partial charge in [-0.2, -0.15) is 0 Å². The first-order valence-electron chi connectivity index (χ1n) is 12.9. The molecule has 3 aromatic rings. The highest BCUT2D eigenvalue weighted by atomic mass is 32.2. The minimum atomic E-state index is -0.712. The normalized spacial score (nSPS) is 17.7. The van der Waals surface area contributed by atoms with E-state index in [0.717, 1.165) is 35.5 Å². The molecule has 36 heavy (non-hydrogen) atoms. The summed E-state index contributed by atoms with van der Waals surface area (Å²) in [6.07, 6.45) is 6.63. The number of carbonyl (C=O) groups is 1. The first-order valence-corrected chi connectivity index (χ1v) is 13.6. The van der Waals surface area contributed by atoms with Crippen LogP contribution in [0.25, 0.3) is 16.9 Å². The van der Waals surface area contributed by atoms with Crippen molar-refractivity contribution in [1.29, 1.82) is 0 Å². The van der Waals surface area contributed by atoms with Gasteiger partial charge in [0.1, 0.15) is 11.6 Å². The van der Waals surface area contributed by atoms with Crippen LogP contribution in [0.15, 0.2) is 27.9 Å². The minimum absolute atomic E-state index is 0.204. The van der Waals surface area contributed by atoms with Crippen LogP contribution in [0.4, 0.5) is 0 Å². The quantitative estimate of drug-likeness (QED) is 0.421. The Balaban J connectivity index is 1.50. The second-order valence-electron chi connectivity index (χ2n) is 9.74. The molecule has 2 fully saturated rings. The molecule has 9 nitrogen and oxygen atoms in total. The Kier molecular flexibility index (Phi) is 7.34. The average Bonchev–Trinajstić information content (AvgIpc) is 3.51. The molecule has 1 saturated heterocycles. The van der Waals surface area contributed by atoms with E-state index in [4.69, 9.17) is 14.8 Å². The van der Waals surface area contributed by atoms with E-state index in [-0.39, 0.29) is 11.5 Å². The third-order valence-electron chi connectivity index (χ3n) is 7.13. The van der Waals surface area contributed by atoms with Gasteiger partial charge < -0.3 is 14.8 Å². The lowest BCUT2D eigenvalue weighted by Crippen LogP contribution is -2.32. The maximum atomic E-state index is 13.2. The van der Waals surface area contributed by atoms with Gasteiger partial charge >= 0.3 is 5.97 Å². The molecule has 10 heteroatoms. The lowest BCUT2D eigenvalue weighted by molar-refractivity contribution is -0.142. The Morgan fingerprint density at radius 2 is 1.97 bits per heavy atom. The first-order chi connectivity index (χ1) is 17.4. The van der Waals surface area contributed by atoms with Crippen LogP contribution in [-0.2, 0) is 4.79 Å². The number of ether oxygens (including phenoxy) is 1. The molecule has 1 aromatic carbocycles. The molecule has 0 spiro atoms. The number of rotatable bonds is 8. The Morgan fingerprint density at radius 3 is 2.67 bits per heavy atom. The van der Waals surface area contributed by atoms with E-state index in [1.807, 2.05) is 25.1 Å². The Hall–Kier alpha value is -2.85. The van der Waals surface area contributed by atoms with Crippen molar-refractivity contribution in [3.05, 3.63) is 40.1 Å². The Labute approximate surface area is 214 Å². The van der Waals surface area contributed by atoms with Crippen molar-refractivity contribution in [3.63, 3.8) is 0 Å². The zero-order chi connectivity index (χ0) is 25.2. The monoisotopic (exact) mass is 511 g/mol. The fourth-order valence-electron chi connectivity index (χ4n) is 5.19. The number of H-pyrrole nitrogens is 1. The average molecular weight is 512 g/mol. The molecular weight excluding hydrogens is 478 g/mol. The lowest BCUT2D eigenvalue weighted by atomic mass is 9.99. The third-order valence-corrected chi connectivity index (χ3v) is 8.21. The van der Waals surface area contributed by atoms with E-state index >= 15 is 0 Å². The highest BCUT2D eigenvalue weighted by Gasteiger charge is 2.27. The number of nitrogens with zero attached hydrogens (tertiary/aromatic N) is 4. The number of carboxylic acid groups (broad SMARTS) is 1. The molecule has 2 N–H and O–H groups in total. The fraction of sp³-hybridized carbons (Fsp3) is 0.538. The fourth-order valence-corrected chi connectivity index (χ4v) is 6.19. The van der Waals surface area contributed by atoms with Crippen molar-refractivity contribution in [2.24, 2.45) is 5.92 Å². The highest BCUT2D eigenvalue weighted by molar-refractivity contribution is 7.97. The van der Waals surface area contributed by atoms with Gasteiger partial charge in [0.15, 0.2) is 11.3 Å². The molecular formula is C26H33N5O4S. The van der Waals surface area contributed by atoms with Gasteiger partial charge in [0.25, 0.3) is 5.56 Å². The van der Waals surface area contributed by atoms with Crippen LogP contribution in [0.2, 0.25) is 0 Å². The molecule has 0 unspecified atom stereocenters. The predicted octanol–water partition coefficient (Wildman–Crippen LogP) is 4.64. The summed E-state index contributed by atoms with van der Waals surface area (Å²) in [5, 5.41) is 14.2. The van der Waals surface area contributed by atoms with Crippen LogP contribution in [0.5, 0.6) is 5.75 Å². The summed E-state index contributed by atoms with van der Waals surface area (Å²) in [4.78, 5) is 33.2. The van der Waals surface area contributed by atoms with Crippen molar-refractivity contribution in [3.8, 4) is 17.1 Å². The number of nitrogens with one attached hydrogen (secondary N) is 1. The summed E-state index contributed by atoms with van der Waals surface area (Å²) in [7, 11) is 0. The first kappa shape index (κ1) is 24.8. The van der Waals surface area contributed by atoms with Gasteiger partial charge in [-0.25, -0.2) is 13.8 Å². The van der Waals surface area contributed by atoms with Gasteiger partial charge in [-0.05, 0) is 69.2 Å². The Bertz CT molecular complexity index is 1310. The van der Waals surface area contributed by atoms with E-state index in [9.17, 15) is 14.7 Å². The largest absolute Gasteiger partial charge is 0.493 e. The molecule has 0 bridgehead atoms. The maximum absolute atomic E-state index is 13.2. The molecule has 2 aromatic heterocycles. The number of hydrogen-bond acceptors (Lipinski definition) is 7. The van der Waals surface area contributed by atoms with Crippen LogP contribution in [0.1, 0.15) is 69.3 Å². The van der Waals surface area contributed by atoms with Crippen LogP contribution >= 0.6 is 11.9 Å². The number of hydrogen-bond donors (Lipinski definition) is 2. The SMILES string of the molecule is CCCOc1ccc(SN2CCC(C(=O)O)CC2)cc1-c1nn2c(C3CCCC3)nc(C)c2c(=O)[nH]1. The molecule has 5 rings (SSSR count). The minimum Gasteiger partial charge on any atom is -0.493 e. The molecule has 1 aliphatic heterocycles. The molecule has 3 heterocycles. The van der Waals surface area contributed by atoms with Crippen molar-refractivity contribution in [2.75, 3.05) is 19.7 Å². The number of aliphatic carboxylic acids is 1. The molecule has 1 saturated carbocycles. The van der Waals surface area contributed by atoms with Crippen molar-refractivity contribution in [1.82, 2.24) is 23.9 Å². The smallest absolute Gasteiger partial charge is 0.306 e. The number of imidazole rings is 1. The zero-order valence-electron chi connectivity index (χ0n) is 20.8. The molecule has 192 valence electrons. The second-order valence-corrected chi connectivity index (χ2v) is 10.9. The van der Waals surface area contributed by atoms with Crippen LogP contribution in [0.3, 0.4) is 0 Å². The van der Waals surface area contributed by atoms with Crippen molar-refractivity contribution in [2.45, 2.75) is 69.6 Å². The van der Waals surface area contributed by atoms with Crippen molar-refractivity contribution < 1.29 is 14.6 Å². The number of piperidine rings is 1. The summed E-state index contributed by atoms with van der Waals surface area (Å²) in [5.41, 5.74) is 1.73. The van der Waals surface area contributed by atoms with Crippen LogP contribution in [-0.4, -0.2) is 54.7 Å². The standard InChI is InChI=1S/C26H33N5O4S/c1-3-14-35-21-9-8-19(36-30-12-10-18(11-13-30)26(33)34)15-20(21)23-28-25(32)22-16(2)27-24(31(22)29-23)17-6-4-5-7-17/h8-9,15,17-18H,3-7,10-14H2,1-2H3,(H,33,34)(H,28,29,32). The summed E-state index contributed by atoms with van der Waals surface area (Å²) in [5.74, 6) is 1.34.